The van der Waals surface area contributed by atoms with Crippen molar-refractivity contribution in [3.8, 4) is 5.69 Å². The molecule has 0 aliphatic heterocycles. The molecule has 1 unspecified atom stereocenters. The highest BCUT2D eigenvalue weighted by molar-refractivity contribution is 7.71. The van der Waals surface area contributed by atoms with Crippen LogP contribution in [0.3, 0.4) is 0 Å². The van der Waals surface area contributed by atoms with Gasteiger partial charge in [-0.2, -0.15) is 0 Å². The van der Waals surface area contributed by atoms with Crippen molar-refractivity contribution in [2.45, 2.75) is 18.9 Å². The Hall–Kier alpha value is -2.66. The van der Waals surface area contributed by atoms with Gasteiger partial charge in [0.05, 0.1) is 6.04 Å². The molecule has 0 fully saturated rings. The summed E-state index contributed by atoms with van der Waals surface area (Å²) in [5.41, 5.74) is 3.93. The summed E-state index contributed by atoms with van der Waals surface area (Å²) in [6, 6.07) is 18.0. The van der Waals surface area contributed by atoms with Gasteiger partial charge in [-0.25, -0.2) is 0 Å². The van der Waals surface area contributed by atoms with Crippen molar-refractivity contribution in [2.75, 3.05) is 0 Å². The molecule has 2 N–H and O–H groups in total. The molecule has 0 spiro atoms. The van der Waals surface area contributed by atoms with E-state index in [-0.39, 0.29) is 11.9 Å². The highest BCUT2D eigenvalue weighted by atomic mass is 32.1. The van der Waals surface area contributed by atoms with E-state index in [1.165, 1.54) is 11.1 Å². The number of nitrogens with zero attached hydrogens (tertiary/aromatic N) is 1. The second kappa shape index (κ2) is 6.09. The molecular formula is C19H17N3OS. The van der Waals surface area contributed by atoms with Gasteiger partial charge in [-0.1, -0.05) is 42.5 Å². The Morgan fingerprint density at radius 2 is 1.88 bits per heavy atom. The number of nitrogens with one attached hydrogen (secondary N) is 2. The number of rotatable bonds is 3. The highest BCUT2D eigenvalue weighted by Crippen LogP contribution is 2.31. The van der Waals surface area contributed by atoms with Crippen LogP contribution in [0, 0.1) is 4.77 Å². The second-order valence-corrected chi connectivity index (χ2v) is 6.30. The quantitative estimate of drug-likeness (QED) is 0.712. The van der Waals surface area contributed by atoms with Gasteiger partial charge in [-0.3, -0.25) is 9.36 Å². The summed E-state index contributed by atoms with van der Waals surface area (Å²) >= 11 is 5.35. The molecule has 1 aliphatic rings. The van der Waals surface area contributed by atoms with Crippen molar-refractivity contribution >= 4 is 18.1 Å². The molecule has 24 heavy (non-hydrogen) atoms. The van der Waals surface area contributed by atoms with Crippen molar-refractivity contribution in [3.63, 3.8) is 0 Å². The maximum Gasteiger partial charge on any atom is 0.270 e. The maximum absolute atomic E-state index is 12.8. The fraction of sp³-hybridized carbons (Fsp3) is 0.158. The Morgan fingerprint density at radius 1 is 1.12 bits per heavy atom. The Morgan fingerprint density at radius 3 is 2.71 bits per heavy atom. The minimum absolute atomic E-state index is 0.0568. The van der Waals surface area contributed by atoms with E-state index in [9.17, 15) is 4.79 Å². The molecule has 1 amide bonds. The van der Waals surface area contributed by atoms with Crippen LogP contribution >= 0.6 is 12.2 Å². The van der Waals surface area contributed by atoms with E-state index < -0.39 is 0 Å². The first-order chi connectivity index (χ1) is 11.7. The lowest BCUT2D eigenvalue weighted by atomic mass is 10.1. The van der Waals surface area contributed by atoms with Gasteiger partial charge in [0, 0.05) is 11.9 Å². The van der Waals surface area contributed by atoms with E-state index in [1.807, 2.05) is 42.5 Å². The number of hydrogen-bond acceptors (Lipinski definition) is 2. The third-order valence-electron chi connectivity index (χ3n) is 4.46. The summed E-state index contributed by atoms with van der Waals surface area (Å²) in [5.74, 6) is -0.118. The lowest BCUT2D eigenvalue weighted by Crippen LogP contribution is -2.28. The minimum atomic E-state index is -0.118. The molecule has 1 aromatic heterocycles. The zero-order valence-electron chi connectivity index (χ0n) is 13.0. The number of hydrogen-bond donors (Lipinski definition) is 2. The molecule has 0 bridgehead atoms. The molecule has 2 aromatic carbocycles. The molecule has 4 rings (SSSR count). The summed E-state index contributed by atoms with van der Waals surface area (Å²) in [6.07, 6.45) is 3.60. The first-order valence-electron chi connectivity index (χ1n) is 7.98. The standard InChI is InChI=1S/C19H17N3OS/c23-18(21-16-11-10-13-6-4-5-9-15(13)16)17-12-20-19(24)22(17)14-7-2-1-3-8-14/h1-9,12,16H,10-11H2,(H,20,24)(H,21,23). The number of aromatic nitrogens is 2. The van der Waals surface area contributed by atoms with Crippen molar-refractivity contribution in [1.29, 1.82) is 0 Å². The van der Waals surface area contributed by atoms with E-state index in [0.29, 0.717) is 10.5 Å². The summed E-state index contributed by atoms with van der Waals surface area (Å²) in [4.78, 5) is 15.8. The third kappa shape index (κ3) is 2.57. The fourth-order valence-electron chi connectivity index (χ4n) is 3.31. The van der Waals surface area contributed by atoms with Crippen molar-refractivity contribution < 1.29 is 4.79 Å². The summed E-state index contributed by atoms with van der Waals surface area (Å²) in [6.45, 7) is 0. The average molecular weight is 335 g/mol. The topological polar surface area (TPSA) is 49.8 Å². The van der Waals surface area contributed by atoms with Gasteiger partial charge in [0.25, 0.3) is 5.91 Å². The summed E-state index contributed by atoms with van der Waals surface area (Å²) in [7, 11) is 0. The largest absolute Gasteiger partial charge is 0.344 e. The highest BCUT2D eigenvalue weighted by Gasteiger charge is 2.25. The predicted molar refractivity (Wildman–Crippen MR) is 95.9 cm³/mol. The normalized spacial score (nSPS) is 15.9. The number of H-pyrrole nitrogens is 1. The molecule has 4 nitrogen and oxygen atoms in total. The van der Waals surface area contributed by atoms with Gasteiger partial charge in [0.15, 0.2) is 4.77 Å². The SMILES string of the molecule is O=C(NC1CCc2ccccc21)c1c[nH]c(=S)n1-c1ccccc1. The van der Waals surface area contributed by atoms with Gasteiger partial charge in [0.1, 0.15) is 5.69 Å². The number of benzene rings is 2. The van der Waals surface area contributed by atoms with E-state index in [2.05, 4.69) is 22.4 Å². The van der Waals surface area contributed by atoms with E-state index in [4.69, 9.17) is 12.2 Å². The molecule has 0 radical (unpaired) electrons. The molecule has 1 aliphatic carbocycles. The number of para-hydroxylation sites is 1. The Bertz CT molecular complexity index is 943. The second-order valence-electron chi connectivity index (χ2n) is 5.91. The number of carbonyl (C=O) groups is 1. The molecule has 120 valence electrons. The zero-order chi connectivity index (χ0) is 16.5. The summed E-state index contributed by atoms with van der Waals surface area (Å²) < 4.78 is 2.28. The molecule has 0 saturated carbocycles. The number of aryl methyl sites for hydroxylation is 1. The van der Waals surface area contributed by atoms with Crippen molar-refractivity contribution in [2.24, 2.45) is 0 Å². The van der Waals surface area contributed by atoms with Crippen LogP contribution < -0.4 is 5.32 Å². The number of aromatic amines is 1. The van der Waals surface area contributed by atoms with Gasteiger partial charge in [0.2, 0.25) is 0 Å². The molecule has 3 aromatic rings. The fourth-order valence-corrected chi connectivity index (χ4v) is 3.57. The molecular weight excluding hydrogens is 318 g/mol. The number of amides is 1. The maximum atomic E-state index is 12.8. The predicted octanol–water partition coefficient (Wildman–Crippen LogP) is 3.95. The lowest BCUT2D eigenvalue weighted by molar-refractivity contribution is 0.0929. The van der Waals surface area contributed by atoms with Crippen LogP contribution in [0.5, 0.6) is 0 Å². The van der Waals surface area contributed by atoms with Gasteiger partial charge in [-0.05, 0) is 48.3 Å². The molecule has 0 saturated heterocycles. The number of imidazole rings is 1. The van der Waals surface area contributed by atoms with E-state index in [1.54, 1.807) is 10.8 Å². The van der Waals surface area contributed by atoms with Crippen LogP contribution in [0.2, 0.25) is 0 Å². The van der Waals surface area contributed by atoms with Crippen LogP contribution in [0.1, 0.15) is 34.1 Å². The van der Waals surface area contributed by atoms with Crippen LogP contribution in [0.25, 0.3) is 5.69 Å². The minimum Gasteiger partial charge on any atom is -0.344 e. The third-order valence-corrected chi connectivity index (χ3v) is 4.76. The Kier molecular flexibility index (Phi) is 3.78. The van der Waals surface area contributed by atoms with Crippen molar-refractivity contribution in [1.82, 2.24) is 14.9 Å². The monoisotopic (exact) mass is 335 g/mol. The smallest absolute Gasteiger partial charge is 0.270 e. The van der Waals surface area contributed by atoms with Crippen LogP contribution in [0.4, 0.5) is 0 Å². The summed E-state index contributed by atoms with van der Waals surface area (Å²) in [5, 5.41) is 3.15. The zero-order valence-corrected chi connectivity index (χ0v) is 13.8. The van der Waals surface area contributed by atoms with Gasteiger partial charge >= 0.3 is 0 Å². The lowest BCUT2D eigenvalue weighted by Gasteiger charge is -2.15. The average Bonchev–Trinajstić information content (AvgIpc) is 3.20. The van der Waals surface area contributed by atoms with Crippen molar-refractivity contribution in [3.05, 3.63) is 82.4 Å². The first-order valence-corrected chi connectivity index (χ1v) is 8.39. The van der Waals surface area contributed by atoms with E-state index >= 15 is 0 Å². The van der Waals surface area contributed by atoms with Crippen LogP contribution in [-0.4, -0.2) is 15.5 Å². The van der Waals surface area contributed by atoms with Gasteiger partial charge in [-0.15, -0.1) is 0 Å². The number of fused-ring (bicyclic) bond motifs is 1. The molecule has 1 heterocycles. The van der Waals surface area contributed by atoms with Crippen LogP contribution in [-0.2, 0) is 6.42 Å². The number of carbonyl (C=O) groups excluding carboxylic acids is 1. The van der Waals surface area contributed by atoms with Gasteiger partial charge < -0.3 is 10.3 Å². The Balaban J connectivity index is 1.64. The Labute approximate surface area is 145 Å². The molecule has 1 atom stereocenters. The first kappa shape index (κ1) is 14.9. The van der Waals surface area contributed by atoms with E-state index in [0.717, 1.165) is 18.5 Å². The molecule has 5 heteroatoms. The van der Waals surface area contributed by atoms with Crippen LogP contribution in [0.15, 0.2) is 60.8 Å².